The fraction of sp³-hybridized carbons (Fsp3) is 0.500. The van der Waals surface area contributed by atoms with Crippen LogP contribution in [0.3, 0.4) is 0 Å². The first-order valence-electron chi connectivity index (χ1n) is 7.13. The van der Waals surface area contributed by atoms with Crippen molar-refractivity contribution in [3.05, 3.63) is 27.8 Å². The summed E-state index contributed by atoms with van der Waals surface area (Å²) in [5, 5.41) is 11.3. The number of ether oxygens (including phenoxy) is 2. The lowest BCUT2D eigenvalue weighted by atomic mass is 9.97. The number of benzene rings is 1. The van der Waals surface area contributed by atoms with Crippen molar-refractivity contribution in [2.75, 3.05) is 19.9 Å². The summed E-state index contributed by atoms with van der Waals surface area (Å²) in [6.45, 7) is 1.77. The third-order valence-corrected chi connectivity index (χ3v) is 4.07. The topological polar surface area (TPSA) is 108 Å². The van der Waals surface area contributed by atoms with E-state index in [0.29, 0.717) is 30.2 Å². The number of hydrogen-bond acceptors (Lipinski definition) is 6. The van der Waals surface area contributed by atoms with Crippen molar-refractivity contribution in [2.45, 2.75) is 19.4 Å². The number of fused-ring (bicyclic) bond motifs is 1. The molecule has 2 N–H and O–H groups in total. The van der Waals surface area contributed by atoms with Crippen LogP contribution in [0.15, 0.2) is 12.1 Å². The van der Waals surface area contributed by atoms with Crippen LogP contribution in [0.25, 0.3) is 0 Å². The van der Waals surface area contributed by atoms with Gasteiger partial charge in [-0.3, -0.25) is 19.8 Å². The molecule has 0 spiro atoms. The molecule has 8 nitrogen and oxygen atoms in total. The van der Waals surface area contributed by atoms with E-state index in [4.69, 9.17) is 15.2 Å². The molecule has 1 aromatic rings. The Morgan fingerprint density at radius 1 is 1.41 bits per heavy atom. The molecule has 1 amide bonds. The van der Waals surface area contributed by atoms with Crippen LogP contribution in [0.5, 0.6) is 11.5 Å². The van der Waals surface area contributed by atoms with Gasteiger partial charge in [0.25, 0.3) is 5.69 Å². The Morgan fingerprint density at radius 3 is 2.82 bits per heavy atom. The van der Waals surface area contributed by atoms with Gasteiger partial charge in [0, 0.05) is 18.7 Å². The maximum Gasteiger partial charge on any atom is 0.277 e. The van der Waals surface area contributed by atoms with Gasteiger partial charge in [0.15, 0.2) is 11.5 Å². The molecule has 2 aliphatic rings. The molecule has 118 valence electrons. The van der Waals surface area contributed by atoms with Crippen molar-refractivity contribution in [1.82, 2.24) is 4.90 Å². The minimum Gasteiger partial charge on any atom is -0.454 e. The number of amides is 1. The molecule has 0 saturated carbocycles. The van der Waals surface area contributed by atoms with E-state index >= 15 is 0 Å². The van der Waals surface area contributed by atoms with Gasteiger partial charge in [0.2, 0.25) is 12.7 Å². The normalized spacial score (nSPS) is 20.8. The summed E-state index contributed by atoms with van der Waals surface area (Å²) >= 11 is 0. The number of rotatable bonds is 4. The van der Waals surface area contributed by atoms with E-state index in [9.17, 15) is 14.9 Å². The van der Waals surface area contributed by atoms with E-state index in [1.165, 1.54) is 6.07 Å². The fourth-order valence-electron chi connectivity index (χ4n) is 2.94. The molecular formula is C14H17N3O5. The number of nitro benzene ring substituents is 1. The van der Waals surface area contributed by atoms with Crippen LogP contribution in [0, 0.1) is 16.0 Å². The molecule has 2 aliphatic heterocycles. The molecule has 1 unspecified atom stereocenters. The van der Waals surface area contributed by atoms with Crippen LogP contribution in [0.4, 0.5) is 5.69 Å². The van der Waals surface area contributed by atoms with Gasteiger partial charge in [-0.05, 0) is 25.5 Å². The van der Waals surface area contributed by atoms with Crippen LogP contribution >= 0.6 is 0 Å². The number of nitro groups is 1. The second kappa shape index (κ2) is 5.80. The summed E-state index contributed by atoms with van der Waals surface area (Å²) in [6, 6.07) is 3.04. The second-order valence-corrected chi connectivity index (χ2v) is 5.57. The van der Waals surface area contributed by atoms with Crippen molar-refractivity contribution in [1.29, 1.82) is 0 Å². The molecule has 0 aromatic heterocycles. The summed E-state index contributed by atoms with van der Waals surface area (Å²) in [4.78, 5) is 24.2. The zero-order valence-electron chi connectivity index (χ0n) is 12.0. The largest absolute Gasteiger partial charge is 0.454 e. The van der Waals surface area contributed by atoms with Gasteiger partial charge in [0.05, 0.1) is 16.9 Å². The molecule has 0 bridgehead atoms. The molecule has 8 heteroatoms. The third-order valence-electron chi connectivity index (χ3n) is 4.07. The first-order valence-corrected chi connectivity index (χ1v) is 7.13. The highest BCUT2D eigenvalue weighted by Gasteiger charge is 2.28. The summed E-state index contributed by atoms with van der Waals surface area (Å²) in [6.07, 6.45) is 1.63. The molecule has 1 saturated heterocycles. The number of piperidine rings is 1. The van der Waals surface area contributed by atoms with Gasteiger partial charge in [0.1, 0.15) is 0 Å². The highest BCUT2D eigenvalue weighted by atomic mass is 16.7. The Morgan fingerprint density at radius 2 is 2.14 bits per heavy atom. The van der Waals surface area contributed by atoms with Crippen molar-refractivity contribution in [2.24, 2.45) is 11.7 Å². The van der Waals surface area contributed by atoms with E-state index in [0.717, 1.165) is 19.4 Å². The first kappa shape index (κ1) is 14.6. The van der Waals surface area contributed by atoms with Crippen molar-refractivity contribution in [3.63, 3.8) is 0 Å². The van der Waals surface area contributed by atoms with Crippen LogP contribution < -0.4 is 15.2 Å². The quantitative estimate of drug-likeness (QED) is 0.657. The molecule has 1 aromatic carbocycles. The molecular weight excluding hydrogens is 290 g/mol. The maximum absolute atomic E-state index is 11.3. The molecule has 22 heavy (non-hydrogen) atoms. The summed E-state index contributed by atoms with van der Waals surface area (Å²) in [5.74, 6) is 0.403. The Balaban J connectivity index is 1.82. The van der Waals surface area contributed by atoms with Crippen LogP contribution in [0.1, 0.15) is 18.4 Å². The van der Waals surface area contributed by atoms with E-state index in [-0.39, 0.29) is 24.3 Å². The number of nitrogens with two attached hydrogens (primary N) is 1. The number of hydrogen-bond donors (Lipinski definition) is 1. The fourth-order valence-corrected chi connectivity index (χ4v) is 2.94. The molecule has 3 rings (SSSR count). The molecule has 1 fully saturated rings. The Labute approximate surface area is 126 Å². The van der Waals surface area contributed by atoms with Crippen molar-refractivity contribution >= 4 is 11.6 Å². The average Bonchev–Trinajstić information content (AvgIpc) is 2.93. The standard InChI is InChI=1S/C14H17N3O5/c15-14(18)9-2-1-3-16(6-9)7-10-4-12-13(22-8-21-12)5-11(10)17(19)20/h4-5,9H,1-3,6-8H2,(H2,15,18). The second-order valence-electron chi connectivity index (χ2n) is 5.57. The Hall–Kier alpha value is -2.35. The van der Waals surface area contributed by atoms with Gasteiger partial charge in [-0.25, -0.2) is 0 Å². The van der Waals surface area contributed by atoms with Crippen LogP contribution in [-0.4, -0.2) is 35.6 Å². The number of carbonyl (C=O) groups is 1. The lowest BCUT2D eigenvalue weighted by Gasteiger charge is -2.30. The number of likely N-dealkylation sites (tertiary alicyclic amines) is 1. The molecule has 1 atom stereocenters. The smallest absolute Gasteiger partial charge is 0.277 e. The van der Waals surface area contributed by atoms with E-state index < -0.39 is 4.92 Å². The molecule has 2 heterocycles. The lowest BCUT2D eigenvalue weighted by molar-refractivity contribution is -0.385. The minimum absolute atomic E-state index is 0.00504. The highest BCUT2D eigenvalue weighted by molar-refractivity contribution is 5.76. The number of primary amides is 1. The van der Waals surface area contributed by atoms with Crippen molar-refractivity contribution < 1.29 is 19.2 Å². The number of nitrogens with zero attached hydrogens (tertiary/aromatic N) is 2. The van der Waals surface area contributed by atoms with E-state index in [1.54, 1.807) is 6.07 Å². The predicted molar refractivity (Wildman–Crippen MR) is 76.4 cm³/mol. The van der Waals surface area contributed by atoms with E-state index in [2.05, 4.69) is 0 Å². The van der Waals surface area contributed by atoms with Gasteiger partial charge in [-0.15, -0.1) is 0 Å². The van der Waals surface area contributed by atoms with E-state index in [1.807, 2.05) is 4.90 Å². The average molecular weight is 307 g/mol. The van der Waals surface area contributed by atoms with Gasteiger partial charge in [-0.2, -0.15) is 0 Å². The van der Waals surface area contributed by atoms with Gasteiger partial charge in [-0.1, -0.05) is 0 Å². The SMILES string of the molecule is NC(=O)C1CCCN(Cc2cc3c(cc2[N+](=O)[O-])OCO3)C1. The van der Waals surface area contributed by atoms with Gasteiger partial charge < -0.3 is 15.2 Å². The lowest BCUT2D eigenvalue weighted by Crippen LogP contribution is -2.40. The molecule has 0 radical (unpaired) electrons. The first-order chi connectivity index (χ1) is 10.5. The Kier molecular flexibility index (Phi) is 3.84. The molecule has 0 aliphatic carbocycles. The summed E-state index contributed by atoms with van der Waals surface area (Å²) in [5.41, 5.74) is 5.92. The number of carbonyl (C=O) groups excluding carboxylic acids is 1. The third kappa shape index (κ3) is 2.82. The van der Waals surface area contributed by atoms with Crippen LogP contribution in [-0.2, 0) is 11.3 Å². The highest BCUT2D eigenvalue weighted by Crippen LogP contribution is 2.38. The zero-order chi connectivity index (χ0) is 15.7. The summed E-state index contributed by atoms with van der Waals surface area (Å²) in [7, 11) is 0. The van der Waals surface area contributed by atoms with Crippen LogP contribution in [0.2, 0.25) is 0 Å². The Bertz CT molecular complexity index is 619. The van der Waals surface area contributed by atoms with Gasteiger partial charge >= 0.3 is 0 Å². The monoisotopic (exact) mass is 307 g/mol. The minimum atomic E-state index is -0.424. The summed E-state index contributed by atoms with van der Waals surface area (Å²) < 4.78 is 10.5. The van der Waals surface area contributed by atoms with Crippen molar-refractivity contribution in [3.8, 4) is 11.5 Å². The zero-order valence-corrected chi connectivity index (χ0v) is 12.0. The predicted octanol–water partition coefficient (Wildman–Crippen LogP) is 1.02. The maximum atomic E-state index is 11.3.